The first-order valence-corrected chi connectivity index (χ1v) is 11.2. The molecule has 1 fully saturated rings. The lowest BCUT2D eigenvalue weighted by Crippen LogP contribution is -2.49. The van der Waals surface area contributed by atoms with Gasteiger partial charge in [-0.15, -0.1) is 0 Å². The van der Waals surface area contributed by atoms with Gasteiger partial charge in [0.25, 0.3) is 5.91 Å². The lowest BCUT2D eigenvalue weighted by Gasteiger charge is -2.35. The van der Waals surface area contributed by atoms with Gasteiger partial charge in [0.05, 0.1) is 12.7 Å². The van der Waals surface area contributed by atoms with Gasteiger partial charge < -0.3 is 14.5 Å². The van der Waals surface area contributed by atoms with Crippen molar-refractivity contribution in [3.63, 3.8) is 0 Å². The maximum atomic E-state index is 13.2. The summed E-state index contributed by atoms with van der Waals surface area (Å²) < 4.78 is 5.51. The summed E-state index contributed by atoms with van der Waals surface area (Å²) >= 11 is 0. The summed E-state index contributed by atoms with van der Waals surface area (Å²) in [5.41, 5.74) is 5.94. The number of nitrogens with zero attached hydrogens (tertiary/aromatic N) is 3. The molecule has 0 unspecified atom stereocenters. The number of hydrogen-bond acceptors (Lipinski definition) is 4. The molecule has 1 aliphatic heterocycles. The van der Waals surface area contributed by atoms with Gasteiger partial charge in [-0.05, 0) is 73.9 Å². The van der Waals surface area contributed by atoms with Crippen molar-refractivity contribution in [1.82, 2.24) is 9.88 Å². The Kier molecular flexibility index (Phi) is 6.65. The van der Waals surface area contributed by atoms with Gasteiger partial charge in [-0.3, -0.25) is 4.79 Å². The van der Waals surface area contributed by atoms with E-state index in [0.29, 0.717) is 30.0 Å². The third-order valence-corrected chi connectivity index (χ3v) is 6.16. The monoisotopic (exact) mass is 439 g/mol. The average Bonchev–Trinajstić information content (AvgIpc) is 2.85. The van der Waals surface area contributed by atoms with Gasteiger partial charge in [-0.1, -0.05) is 24.0 Å². The number of pyridine rings is 1. The Morgan fingerprint density at radius 2 is 1.61 bits per heavy atom. The number of ether oxygens (including phenoxy) is 1. The Balaban J connectivity index is 1.53. The number of carbonyl (C=O) groups excluding carboxylic acids is 1. The van der Waals surface area contributed by atoms with Crippen LogP contribution in [-0.2, 0) is 0 Å². The summed E-state index contributed by atoms with van der Waals surface area (Å²) in [4.78, 5) is 21.7. The van der Waals surface area contributed by atoms with Crippen LogP contribution < -0.4 is 9.64 Å². The van der Waals surface area contributed by atoms with E-state index in [0.717, 1.165) is 30.0 Å². The van der Waals surface area contributed by atoms with Crippen LogP contribution in [0, 0.1) is 32.6 Å². The van der Waals surface area contributed by atoms with Crippen molar-refractivity contribution in [2.45, 2.75) is 20.8 Å². The van der Waals surface area contributed by atoms with Gasteiger partial charge in [-0.2, -0.15) is 0 Å². The molecule has 4 rings (SSSR count). The van der Waals surface area contributed by atoms with Gasteiger partial charge in [0, 0.05) is 43.5 Å². The molecule has 1 aliphatic rings. The SMILES string of the molecule is COc1ccc(C(=O)N2CCN(c3ccccn3)CC2)cc1C#Cc1cc(C)c(C)cc1C. The van der Waals surface area contributed by atoms with Crippen LogP contribution >= 0.6 is 0 Å². The first-order chi connectivity index (χ1) is 16.0. The number of amides is 1. The highest BCUT2D eigenvalue weighted by atomic mass is 16.5. The van der Waals surface area contributed by atoms with Crippen molar-refractivity contribution in [3.05, 3.63) is 88.1 Å². The largest absolute Gasteiger partial charge is 0.495 e. The molecule has 1 saturated heterocycles. The lowest BCUT2D eigenvalue weighted by molar-refractivity contribution is 0.0746. The van der Waals surface area contributed by atoms with E-state index in [4.69, 9.17) is 4.74 Å². The minimum atomic E-state index is 0.0173. The highest BCUT2D eigenvalue weighted by Crippen LogP contribution is 2.22. The molecule has 0 spiro atoms. The van der Waals surface area contributed by atoms with Crippen molar-refractivity contribution in [2.75, 3.05) is 38.2 Å². The summed E-state index contributed by atoms with van der Waals surface area (Å²) in [5.74, 6) is 8.14. The van der Waals surface area contributed by atoms with Gasteiger partial charge >= 0.3 is 0 Å². The third kappa shape index (κ3) is 5.01. The third-order valence-electron chi connectivity index (χ3n) is 6.16. The quantitative estimate of drug-likeness (QED) is 0.569. The Morgan fingerprint density at radius 3 is 2.30 bits per heavy atom. The van der Waals surface area contributed by atoms with Crippen LogP contribution in [-0.4, -0.2) is 49.1 Å². The molecule has 5 heteroatoms. The fraction of sp³-hybridized carbons (Fsp3) is 0.286. The van der Waals surface area contributed by atoms with Crippen molar-refractivity contribution >= 4 is 11.7 Å². The molecule has 5 nitrogen and oxygen atoms in total. The summed E-state index contributed by atoms with van der Waals surface area (Å²) in [6.07, 6.45) is 1.80. The fourth-order valence-electron chi connectivity index (χ4n) is 4.03. The van der Waals surface area contributed by atoms with Gasteiger partial charge in [0.15, 0.2) is 0 Å². The molecule has 2 heterocycles. The molecule has 1 aromatic heterocycles. The van der Waals surface area contributed by atoms with E-state index in [1.165, 1.54) is 11.1 Å². The topological polar surface area (TPSA) is 45.7 Å². The highest BCUT2D eigenvalue weighted by molar-refractivity contribution is 5.95. The zero-order valence-corrected chi connectivity index (χ0v) is 19.7. The Bertz CT molecular complexity index is 1220. The molecule has 0 radical (unpaired) electrons. The van der Waals surface area contributed by atoms with E-state index in [2.05, 4.69) is 54.6 Å². The smallest absolute Gasteiger partial charge is 0.254 e. The number of methoxy groups -OCH3 is 1. The number of aryl methyl sites for hydroxylation is 3. The summed E-state index contributed by atoms with van der Waals surface area (Å²) in [7, 11) is 1.63. The van der Waals surface area contributed by atoms with Crippen LogP contribution in [0.25, 0.3) is 0 Å². The van der Waals surface area contributed by atoms with Crippen LogP contribution in [0.4, 0.5) is 5.82 Å². The molecule has 1 amide bonds. The normalized spacial score (nSPS) is 13.3. The predicted molar refractivity (Wildman–Crippen MR) is 132 cm³/mol. The minimum absolute atomic E-state index is 0.0173. The molecular formula is C28H29N3O2. The number of aromatic nitrogens is 1. The van der Waals surface area contributed by atoms with E-state index < -0.39 is 0 Å². The second kappa shape index (κ2) is 9.79. The first-order valence-electron chi connectivity index (χ1n) is 11.2. The highest BCUT2D eigenvalue weighted by Gasteiger charge is 2.23. The van der Waals surface area contributed by atoms with E-state index in [9.17, 15) is 4.79 Å². The van der Waals surface area contributed by atoms with E-state index in [1.807, 2.05) is 41.3 Å². The second-order valence-electron chi connectivity index (χ2n) is 8.38. The van der Waals surface area contributed by atoms with Crippen LogP contribution in [0.1, 0.15) is 38.2 Å². The van der Waals surface area contributed by atoms with Crippen molar-refractivity contribution in [2.24, 2.45) is 0 Å². The van der Waals surface area contributed by atoms with E-state index in [-0.39, 0.29) is 5.91 Å². The van der Waals surface area contributed by atoms with Gasteiger partial charge in [0.2, 0.25) is 0 Å². The predicted octanol–water partition coefficient (Wildman–Crippen LogP) is 4.38. The molecule has 3 aromatic rings. The van der Waals surface area contributed by atoms with Gasteiger partial charge in [0.1, 0.15) is 11.6 Å². The molecule has 0 bridgehead atoms. The Labute approximate surface area is 196 Å². The molecule has 0 saturated carbocycles. The first kappa shape index (κ1) is 22.4. The maximum absolute atomic E-state index is 13.2. The van der Waals surface area contributed by atoms with Crippen LogP contribution in [0.15, 0.2) is 54.7 Å². The molecule has 2 aromatic carbocycles. The van der Waals surface area contributed by atoms with Gasteiger partial charge in [-0.25, -0.2) is 4.98 Å². The zero-order valence-electron chi connectivity index (χ0n) is 19.7. The minimum Gasteiger partial charge on any atom is -0.495 e. The molecule has 0 atom stereocenters. The summed E-state index contributed by atoms with van der Waals surface area (Å²) in [6, 6.07) is 15.7. The van der Waals surface area contributed by atoms with Crippen molar-refractivity contribution in [1.29, 1.82) is 0 Å². The molecular weight excluding hydrogens is 410 g/mol. The van der Waals surface area contributed by atoms with E-state index >= 15 is 0 Å². The molecule has 33 heavy (non-hydrogen) atoms. The number of hydrogen-bond donors (Lipinski definition) is 0. The Hall–Kier alpha value is -3.78. The molecule has 168 valence electrons. The van der Waals surface area contributed by atoms with Crippen LogP contribution in [0.3, 0.4) is 0 Å². The zero-order chi connectivity index (χ0) is 23.4. The number of carbonyl (C=O) groups is 1. The number of rotatable bonds is 3. The van der Waals surface area contributed by atoms with Crippen molar-refractivity contribution < 1.29 is 9.53 Å². The lowest BCUT2D eigenvalue weighted by atomic mass is 10.0. The fourth-order valence-corrected chi connectivity index (χ4v) is 4.03. The number of benzene rings is 2. The summed E-state index contributed by atoms with van der Waals surface area (Å²) in [6.45, 7) is 9.10. The Morgan fingerprint density at radius 1 is 0.879 bits per heavy atom. The number of anilines is 1. The standard InChI is InChI=1S/C28H29N3O2/c1-20-17-22(3)23(18-21(20)2)8-9-24-19-25(10-11-26(24)33-4)28(32)31-15-13-30(14-16-31)27-7-5-6-12-29-27/h5-7,10-12,17-19H,13-16H2,1-4H3. The number of piperazine rings is 1. The average molecular weight is 440 g/mol. The molecule has 0 aliphatic carbocycles. The molecule has 0 N–H and O–H groups in total. The van der Waals surface area contributed by atoms with Crippen LogP contribution in [0.5, 0.6) is 5.75 Å². The maximum Gasteiger partial charge on any atom is 0.254 e. The van der Waals surface area contributed by atoms with Crippen molar-refractivity contribution in [3.8, 4) is 17.6 Å². The summed E-state index contributed by atoms with van der Waals surface area (Å²) in [5, 5.41) is 0. The second-order valence-corrected chi connectivity index (χ2v) is 8.38. The van der Waals surface area contributed by atoms with E-state index in [1.54, 1.807) is 13.3 Å². The van der Waals surface area contributed by atoms with Crippen LogP contribution in [0.2, 0.25) is 0 Å².